The molecule has 1 saturated carbocycles. The van der Waals surface area contributed by atoms with E-state index in [-0.39, 0.29) is 23.3 Å². The molecule has 5 heteroatoms. The molecule has 3 aromatic carbocycles. The fraction of sp³-hybridized carbons (Fsp3) is 0.412. The van der Waals surface area contributed by atoms with Crippen molar-refractivity contribution in [2.24, 2.45) is 0 Å². The molecule has 1 aliphatic rings. The van der Waals surface area contributed by atoms with Crippen LogP contribution in [0.4, 0.5) is 13.2 Å². The molecule has 0 spiro atoms. The molecule has 0 radical (unpaired) electrons. The van der Waals surface area contributed by atoms with Crippen LogP contribution < -0.4 is 4.74 Å². The second kappa shape index (κ2) is 14.4. The zero-order valence-electron chi connectivity index (χ0n) is 23.0. The zero-order chi connectivity index (χ0) is 27.6. The second-order valence-corrected chi connectivity index (χ2v) is 10.4. The lowest BCUT2D eigenvalue weighted by molar-refractivity contribution is 0.0230. The summed E-state index contributed by atoms with van der Waals surface area (Å²) in [6, 6.07) is 15.6. The summed E-state index contributed by atoms with van der Waals surface area (Å²) in [5.74, 6) is -1.65. The van der Waals surface area contributed by atoms with Crippen LogP contribution in [0.25, 0.3) is 23.3 Å². The standard InChI is InChI=1S/C34H39F3O2/c1-3-5-21-38-28-16-14-27(15-17-28)30-19-18-29(33(36)34(30)37)26-12-9-24(10-13-26)7-8-25-11-20-32(31(35)23-25)39-22-6-4-2/h7-13,18-20,23,27-28H,3-6,14-17,21-22H2,1-2H3/b8-7+. The van der Waals surface area contributed by atoms with Gasteiger partial charge in [-0.25, -0.2) is 13.2 Å². The summed E-state index contributed by atoms with van der Waals surface area (Å²) in [5.41, 5.74) is 2.92. The third-order valence-electron chi connectivity index (χ3n) is 7.48. The Hall–Kier alpha value is -3.05. The van der Waals surface area contributed by atoms with Gasteiger partial charge in [0, 0.05) is 12.2 Å². The number of ether oxygens (including phenoxy) is 2. The minimum atomic E-state index is -0.797. The monoisotopic (exact) mass is 536 g/mol. The van der Waals surface area contributed by atoms with Gasteiger partial charge in [0.15, 0.2) is 23.2 Å². The number of unbranched alkanes of at least 4 members (excludes halogenated alkanes) is 2. The van der Waals surface area contributed by atoms with Crippen LogP contribution in [-0.2, 0) is 4.74 Å². The van der Waals surface area contributed by atoms with Crippen LogP contribution in [-0.4, -0.2) is 19.3 Å². The van der Waals surface area contributed by atoms with E-state index in [1.807, 2.05) is 24.3 Å². The molecule has 1 fully saturated rings. The van der Waals surface area contributed by atoms with Crippen LogP contribution >= 0.6 is 0 Å². The number of halogens is 3. The molecule has 0 atom stereocenters. The van der Waals surface area contributed by atoms with Crippen molar-refractivity contribution in [1.82, 2.24) is 0 Å². The van der Waals surface area contributed by atoms with Crippen LogP contribution in [0.2, 0.25) is 0 Å². The van der Waals surface area contributed by atoms with Crippen molar-refractivity contribution in [3.05, 3.63) is 88.7 Å². The Morgan fingerprint density at radius 3 is 2.10 bits per heavy atom. The quantitative estimate of drug-likeness (QED) is 0.169. The van der Waals surface area contributed by atoms with Gasteiger partial charge in [0.05, 0.1) is 12.7 Å². The summed E-state index contributed by atoms with van der Waals surface area (Å²) in [7, 11) is 0. The molecule has 39 heavy (non-hydrogen) atoms. The van der Waals surface area contributed by atoms with Crippen molar-refractivity contribution in [1.29, 1.82) is 0 Å². The average Bonchev–Trinajstić information content (AvgIpc) is 2.95. The second-order valence-electron chi connectivity index (χ2n) is 10.4. The molecule has 0 aliphatic heterocycles. The van der Waals surface area contributed by atoms with Crippen molar-refractivity contribution >= 4 is 12.2 Å². The highest BCUT2D eigenvalue weighted by Crippen LogP contribution is 2.38. The van der Waals surface area contributed by atoms with Crippen LogP contribution in [0.1, 0.15) is 87.8 Å². The van der Waals surface area contributed by atoms with Gasteiger partial charge in [0.25, 0.3) is 0 Å². The first-order valence-electron chi connectivity index (χ1n) is 14.3. The zero-order valence-corrected chi connectivity index (χ0v) is 23.0. The van der Waals surface area contributed by atoms with Gasteiger partial charge in [-0.3, -0.25) is 0 Å². The fourth-order valence-corrected chi connectivity index (χ4v) is 5.07. The van der Waals surface area contributed by atoms with E-state index in [0.29, 0.717) is 23.3 Å². The first kappa shape index (κ1) is 28.9. The number of benzene rings is 3. The Labute approximate surface area is 230 Å². The lowest BCUT2D eigenvalue weighted by Gasteiger charge is -2.29. The van der Waals surface area contributed by atoms with E-state index >= 15 is 8.78 Å². The smallest absolute Gasteiger partial charge is 0.166 e. The molecular formula is C34H39F3O2. The fourth-order valence-electron chi connectivity index (χ4n) is 5.07. The van der Waals surface area contributed by atoms with Crippen LogP contribution in [0.15, 0.2) is 54.6 Å². The van der Waals surface area contributed by atoms with Gasteiger partial charge in [0.1, 0.15) is 0 Å². The maximum Gasteiger partial charge on any atom is 0.166 e. The normalized spacial score (nSPS) is 17.6. The van der Waals surface area contributed by atoms with E-state index in [9.17, 15) is 4.39 Å². The van der Waals surface area contributed by atoms with Gasteiger partial charge in [-0.05, 0) is 78.8 Å². The topological polar surface area (TPSA) is 18.5 Å². The summed E-state index contributed by atoms with van der Waals surface area (Å²) < 4.78 is 56.0. The number of rotatable bonds is 12. The molecule has 0 bridgehead atoms. The molecule has 4 rings (SSSR count). The van der Waals surface area contributed by atoms with E-state index < -0.39 is 17.5 Å². The Balaban J connectivity index is 1.38. The number of hydrogen-bond donors (Lipinski definition) is 0. The molecule has 0 saturated heterocycles. The molecule has 0 aromatic heterocycles. The van der Waals surface area contributed by atoms with Crippen LogP contribution in [0.3, 0.4) is 0 Å². The van der Waals surface area contributed by atoms with Gasteiger partial charge >= 0.3 is 0 Å². The third kappa shape index (κ3) is 7.76. The van der Waals surface area contributed by atoms with Gasteiger partial charge < -0.3 is 9.47 Å². The molecule has 0 N–H and O–H groups in total. The summed E-state index contributed by atoms with van der Waals surface area (Å²) in [5, 5.41) is 0. The Morgan fingerprint density at radius 2 is 1.41 bits per heavy atom. The van der Waals surface area contributed by atoms with Crippen LogP contribution in [0, 0.1) is 17.5 Å². The molecule has 1 aliphatic carbocycles. The lowest BCUT2D eigenvalue weighted by Crippen LogP contribution is -2.22. The Kier molecular flexibility index (Phi) is 10.7. The maximum atomic E-state index is 15.2. The summed E-state index contributed by atoms with van der Waals surface area (Å²) in [4.78, 5) is 0. The highest BCUT2D eigenvalue weighted by Gasteiger charge is 2.27. The summed E-state index contributed by atoms with van der Waals surface area (Å²) in [6.07, 6.45) is 11.3. The molecule has 0 heterocycles. The van der Waals surface area contributed by atoms with Crippen molar-refractivity contribution in [3.63, 3.8) is 0 Å². The average molecular weight is 537 g/mol. The molecule has 0 amide bonds. The molecule has 0 unspecified atom stereocenters. The molecule has 3 aromatic rings. The van der Waals surface area contributed by atoms with Crippen molar-refractivity contribution in [2.45, 2.75) is 77.2 Å². The molecule has 2 nitrogen and oxygen atoms in total. The van der Waals surface area contributed by atoms with E-state index in [4.69, 9.17) is 9.47 Å². The third-order valence-corrected chi connectivity index (χ3v) is 7.48. The van der Waals surface area contributed by atoms with E-state index in [0.717, 1.165) is 63.5 Å². The van der Waals surface area contributed by atoms with Gasteiger partial charge in [-0.2, -0.15) is 0 Å². The van der Waals surface area contributed by atoms with E-state index in [1.165, 1.54) is 6.07 Å². The van der Waals surface area contributed by atoms with Crippen LogP contribution in [0.5, 0.6) is 5.75 Å². The predicted molar refractivity (Wildman–Crippen MR) is 153 cm³/mol. The van der Waals surface area contributed by atoms with E-state index in [2.05, 4.69) is 13.8 Å². The minimum Gasteiger partial charge on any atom is -0.491 e. The van der Waals surface area contributed by atoms with Crippen molar-refractivity contribution in [2.75, 3.05) is 13.2 Å². The number of hydrogen-bond acceptors (Lipinski definition) is 2. The molecule has 208 valence electrons. The van der Waals surface area contributed by atoms with Crippen molar-refractivity contribution in [3.8, 4) is 16.9 Å². The first-order valence-corrected chi connectivity index (χ1v) is 14.3. The van der Waals surface area contributed by atoms with E-state index in [1.54, 1.807) is 36.4 Å². The maximum absolute atomic E-state index is 15.2. The Bertz CT molecular complexity index is 1230. The predicted octanol–water partition coefficient (Wildman–Crippen LogP) is 9.96. The van der Waals surface area contributed by atoms with Gasteiger partial charge in [-0.15, -0.1) is 0 Å². The van der Waals surface area contributed by atoms with Crippen molar-refractivity contribution < 1.29 is 22.6 Å². The Morgan fingerprint density at radius 1 is 0.744 bits per heavy atom. The van der Waals surface area contributed by atoms with Gasteiger partial charge in [-0.1, -0.05) is 81.3 Å². The summed E-state index contributed by atoms with van der Waals surface area (Å²) >= 11 is 0. The lowest BCUT2D eigenvalue weighted by atomic mass is 9.82. The minimum absolute atomic E-state index is 0.0221. The first-order chi connectivity index (χ1) is 19.0. The highest BCUT2D eigenvalue weighted by atomic mass is 19.2. The largest absolute Gasteiger partial charge is 0.491 e. The summed E-state index contributed by atoms with van der Waals surface area (Å²) in [6.45, 7) is 5.47. The van der Waals surface area contributed by atoms with Gasteiger partial charge in [0.2, 0.25) is 0 Å². The highest BCUT2D eigenvalue weighted by molar-refractivity contribution is 5.72. The SMILES string of the molecule is CCCCOc1ccc(/C=C/c2ccc(-c3ccc(C4CCC(OCCCC)CC4)c(F)c3F)cc2)cc1F. The molecular weight excluding hydrogens is 497 g/mol.